The summed E-state index contributed by atoms with van der Waals surface area (Å²) in [5.74, 6) is 1.02. The maximum Gasteiger partial charge on any atom is 0.123 e. The summed E-state index contributed by atoms with van der Waals surface area (Å²) >= 11 is 0. The number of hydrogen-bond acceptors (Lipinski definition) is 1. The number of carbonyl (C=O) groups excluding carboxylic acids is 1. The second-order valence-electron chi connectivity index (χ2n) is 4.04. The van der Waals surface area contributed by atoms with Gasteiger partial charge in [0.15, 0.2) is 0 Å². The smallest absolute Gasteiger partial charge is 0.123 e. The Bertz CT molecular complexity index is 230. The van der Waals surface area contributed by atoms with Crippen molar-refractivity contribution >= 4 is 6.29 Å². The largest absolute Gasteiger partial charge is 0.303 e. The highest BCUT2D eigenvalue weighted by atomic mass is 16.1. The number of rotatable bonds is 3. The third kappa shape index (κ3) is 2.83. The topological polar surface area (TPSA) is 17.1 Å². The molecule has 14 heavy (non-hydrogen) atoms. The number of aldehydes is 1. The zero-order chi connectivity index (χ0) is 10.4. The van der Waals surface area contributed by atoms with Crippen LogP contribution in [0.4, 0.5) is 0 Å². The fraction of sp³-hybridized carbons (Fsp3) is 0.615. The standard InChI is InChI=1S/C13H20O/c1-3-5-12(4-2)13-8-6-11(10-14)7-9-13/h3-5,10-11,13H,6-9H2,1-2H3/b5-3-,12-4+. The molecule has 1 aliphatic rings. The Kier molecular flexibility index (Phi) is 4.64. The molecule has 1 heteroatoms. The first-order valence-corrected chi connectivity index (χ1v) is 5.56. The van der Waals surface area contributed by atoms with Gasteiger partial charge in [0.2, 0.25) is 0 Å². The summed E-state index contributed by atoms with van der Waals surface area (Å²) in [6, 6.07) is 0. The molecule has 0 amide bonds. The maximum absolute atomic E-state index is 10.6. The molecule has 1 fully saturated rings. The van der Waals surface area contributed by atoms with Crippen LogP contribution in [-0.2, 0) is 4.79 Å². The average Bonchev–Trinajstić information content (AvgIpc) is 2.26. The Morgan fingerprint density at radius 3 is 2.21 bits per heavy atom. The highest BCUT2D eigenvalue weighted by Crippen LogP contribution is 2.32. The highest BCUT2D eigenvalue weighted by Gasteiger charge is 2.21. The van der Waals surface area contributed by atoms with Crippen LogP contribution in [0.5, 0.6) is 0 Å². The van der Waals surface area contributed by atoms with Crippen LogP contribution in [0, 0.1) is 11.8 Å². The predicted octanol–water partition coefficient (Wildman–Crippen LogP) is 3.51. The number of allylic oxidation sites excluding steroid dienone is 4. The fourth-order valence-electron chi connectivity index (χ4n) is 2.25. The van der Waals surface area contributed by atoms with Gasteiger partial charge in [0.25, 0.3) is 0 Å². The van der Waals surface area contributed by atoms with Crippen LogP contribution >= 0.6 is 0 Å². The molecule has 0 aromatic carbocycles. The van der Waals surface area contributed by atoms with Crippen molar-refractivity contribution in [2.75, 3.05) is 0 Å². The van der Waals surface area contributed by atoms with Gasteiger partial charge in [-0.15, -0.1) is 0 Å². The molecule has 0 aromatic rings. The quantitative estimate of drug-likeness (QED) is 0.494. The Hall–Kier alpha value is -0.850. The van der Waals surface area contributed by atoms with Crippen molar-refractivity contribution in [3.8, 4) is 0 Å². The highest BCUT2D eigenvalue weighted by molar-refractivity contribution is 5.53. The molecule has 1 rings (SSSR count). The molecule has 0 bridgehead atoms. The second-order valence-corrected chi connectivity index (χ2v) is 4.04. The van der Waals surface area contributed by atoms with Gasteiger partial charge < -0.3 is 4.79 Å². The first-order valence-electron chi connectivity index (χ1n) is 5.56. The van der Waals surface area contributed by atoms with Gasteiger partial charge >= 0.3 is 0 Å². The zero-order valence-electron chi connectivity index (χ0n) is 9.20. The molecule has 0 radical (unpaired) electrons. The minimum absolute atomic E-state index is 0.329. The summed E-state index contributed by atoms with van der Waals surface area (Å²) in [4.78, 5) is 10.6. The van der Waals surface area contributed by atoms with E-state index in [1.807, 2.05) is 0 Å². The minimum Gasteiger partial charge on any atom is -0.303 e. The van der Waals surface area contributed by atoms with Gasteiger partial charge in [-0.2, -0.15) is 0 Å². The summed E-state index contributed by atoms with van der Waals surface area (Å²) < 4.78 is 0. The average molecular weight is 192 g/mol. The Morgan fingerprint density at radius 1 is 1.14 bits per heavy atom. The van der Waals surface area contributed by atoms with E-state index in [1.165, 1.54) is 18.4 Å². The van der Waals surface area contributed by atoms with E-state index in [0.29, 0.717) is 11.8 Å². The van der Waals surface area contributed by atoms with Gasteiger partial charge in [0.1, 0.15) is 6.29 Å². The monoisotopic (exact) mass is 192 g/mol. The van der Waals surface area contributed by atoms with Crippen LogP contribution in [-0.4, -0.2) is 6.29 Å². The molecule has 0 N–H and O–H groups in total. The van der Waals surface area contributed by atoms with Crippen LogP contribution in [0.25, 0.3) is 0 Å². The van der Waals surface area contributed by atoms with Crippen molar-refractivity contribution in [3.05, 3.63) is 23.8 Å². The fourth-order valence-corrected chi connectivity index (χ4v) is 2.25. The van der Waals surface area contributed by atoms with Gasteiger partial charge in [-0.25, -0.2) is 0 Å². The van der Waals surface area contributed by atoms with Gasteiger partial charge in [-0.3, -0.25) is 0 Å². The predicted molar refractivity (Wildman–Crippen MR) is 60.1 cm³/mol. The van der Waals surface area contributed by atoms with E-state index in [9.17, 15) is 4.79 Å². The zero-order valence-corrected chi connectivity index (χ0v) is 9.20. The van der Waals surface area contributed by atoms with Crippen molar-refractivity contribution in [1.29, 1.82) is 0 Å². The van der Waals surface area contributed by atoms with E-state index in [-0.39, 0.29) is 0 Å². The molecule has 1 nitrogen and oxygen atoms in total. The molecule has 0 heterocycles. The third-order valence-corrected chi connectivity index (χ3v) is 3.13. The van der Waals surface area contributed by atoms with Crippen molar-refractivity contribution in [2.24, 2.45) is 11.8 Å². The van der Waals surface area contributed by atoms with E-state index >= 15 is 0 Å². The van der Waals surface area contributed by atoms with E-state index in [2.05, 4.69) is 32.1 Å². The van der Waals surface area contributed by atoms with Crippen molar-refractivity contribution in [1.82, 2.24) is 0 Å². The summed E-state index contributed by atoms with van der Waals surface area (Å²) in [6.07, 6.45) is 12.1. The Labute approximate surface area is 86.9 Å². The molecule has 0 unspecified atom stereocenters. The van der Waals surface area contributed by atoms with Crippen LogP contribution in [0.2, 0.25) is 0 Å². The van der Waals surface area contributed by atoms with Crippen LogP contribution < -0.4 is 0 Å². The lowest BCUT2D eigenvalue weighted by molar-refractivity contribution is -0.112. The first kappa shape index (κ1) is 11.2. The molecular weight excluding hydrogens is 172 g/mol. The SMILES string of the molecule is C/C=C\C(=C/C)C1CCC(C=O)CC1. The third-order valence-electron chi connectivity index (χ3n) is 3.13. The molecule has 0 atom stereocenters. The summed E-state index contributed by atoms with van der Waals surface area (Å²) in [5.41, 5.74) is 1.44. The van der Waals surface area contributed by atoms with Crippen molar-refractivity contribution < 1.29 is 4.79 Å². The molecular formula is C13H20O. The molecule has 0 aliphatic heterocycles. The lowest BCUT2D eigenvalue weighted by atomic mass is 9.79. The minimum atomic E-state index is 0.329. The molecule has 0 saturated heterocycles. The van der Waals surface area contributed by atoms with Crippen LogP contribution in [0.15, 0.2) is 23.8 Å². The maximum atomic E-state index is 10.6. The van der Waals surface area contributed by atoms with E-state index in [4.69, 9.17) is 0 Å². The second kappa shape index (κ2) is 5.79. The first-order chi connectivity index (χ1) is 6.81. The van der Waals surface area contributed by atoms with E-state index in [0.717, 1.165) is 19.1 Å². The normalized spacial score (nSPS) is 29.4. The van der Waals surface area contributed by atoms with Gasteiger partial charge in [-0.1, -0.05) is 18.2 Å². The number of hydrogen-bond donors (Lipinski definition) is 0. The van der Waals surface area contributed by atoms with Crippen LogP contribution in [0.3, 0.4) is 0 Å². The lowest BCUT2D eigenvalue weighted by Crippen LogP contribution is -2.16. The summed E-state index contributed by atoms with van der Waals surface area (Å²) in [5, 5.41) is 0. The number of carbonyl (C=O) groups is 1. The van der Waals surface area contributed by atoms with Crippen LogP contribution in [0.1, 0.15) is 39.5 Å². The summed E-state index contributed by atoms with van der Waals surface area (Å²) in [6.45, 7) is 4.15. The molecule has 1 aliphatic carbocycles. The van der Waals surface area contributed by atoms with E-state index in [1.54, 1.807) is 0 Å². The Morgan fingerprint density at radius 2 is 1.79 bits per heavy atom. The van der Waals surface area contributed by atoms with Gasteiger partial charge in [0, 0.05) is 5.92 Å². The van der Waals surface area contributed by atoms with Crippen molar-refractivity contribution in [2.45, 2.75) is 39.5 Å². The molecule has 0 aromatic heterocycles. The summed E-state index contributed by atoms with van der Waals surface area (Å²) in [7, 11) is 0. The molecule has 78 valence electrons. The molecule has 0 spiro atoms. The van der Waals surface area contributed by atoms with Crippen molar-refractivity contribution in [3.63, 3.8) is 0 Å². The van der Waals surface area contributed by atoms with E-state index < -0.39 is 0 Å². The van der Waals surface area contributed by atoms with Gasteiger partial charge in [0.05, 0.1) is 0 Å². The molecule has 1 saturated carbocycles. The lowest BCUT2D eigenvalue weighted by Gasteiger charge is -2.26. The van der Waals surface area contributed by atoms with Gasteiger partial charge in [-0.05, 0) is 51.0 Å². The Balaban J connectivity index is 2.51.